The molecule has 0 atom stereocenters. The van der Waals surface area contributed by atoms with E-state index in [2.05, 4.69) is 15.6 Å². The molecule has 1 aromatic heterocycles. The highest BCUT2D eigenvalue weighted by molar-refractivity contribution is 7.15. The molecule has 2 heterocycles. The van der Waals surface area contributed by atoms with Gasteiger partial charge in [0.05, 0.1) is 10.6 Å². The first kappa shape index (κ1) is 15.5. The smallest absolute Gasteiger partial charge is 0.258 e. The summed E-state index contributed by atoms with van der Waals surface area (Å²) in [5.41, 5.74) is 1.38. The lowest BCUT2D eigenvalue weighted by molar-refractivity contribution is 0.102. The van der Waals surface area contributed by atoms with Crippen LogP contribution in [0.15, 0.2) is 24.4 Å². The molecule has 0 bridgehead atoms. The number of thiazole rings is 1. The van der Waals surface area contributed by atoms with E-state index in [-0.39, 0.29) is 5.91 Å². The second-order valence-electron chi connectivity index (χ2n) is 5.48. The molecule has 0 aliphatic carbocycles. The predicted molar refractivity (Wildman–Crippen MR) is 91.1 cm³/mol. The van der Waals surface area contributed by atoms with Crippen molar-refractivity contribution in [2.45, 2.75) is 25.7 Å². The van der Waals surface area contributed by atoms with Crippen LogP contribution >= 0.6 is 22.9 Å². The third-order valence-corrected chi connectivity index (χ3v) is 5.50. The Labute approximate surface area is 138 Å². The van der Waals surface area contributed by atoms with Crippen molar-refractivity contribution in [1.82, 2.24) is 10.3 Å². The number of rotatable bonds is 3. The number of aryl methyl sites for hydroxylation is 1. The van der Waals surface area contributed by atoms with Gasteiger partial charge in [0.15, 0.2) is 5.13 Å². The van der Waals surface area contributed by atoms with Gasteiger partial charge >= 0.3 is 0 Å². The minimum atomic E-state index is -0.208. The Bertz CT molecular complexity index is 680. The lowest BCUT2D eigenvalue weighted by atomic mass is 9.97. The number of nitrogens with one attached hydrogen (secondary N) is 2. The molecule has 1 aliphatic rings. The molecule has 0 spiro atoms. The molecule has 3 rings (SSSR count). The number of piperidine rings is 1. The number of nitrogens with zero attached hydrogens (tertiary/aromatic N) is 1. The Morgan fingerprint density at radius 2 is 2.18 bits per heavy atom. The van der Waals surface area contributed by atoms with E-state index in [4.69, 9.17) is 11.6 Å². The summed E-state index contributed by atoms with van der Waals surface area (Å²) < 4.78 is 0. The highest BCUT2D eigenvalue weighted by Gasteiger charge is 2.19. The van der Waals surface area contributed by atoms with Crippen molar-refractivity contribution in [2.75, 3.05) is 18.4 Å². The Morgan fingerprint density at radius 1 is 1.41 bits per heavy atom. The first-order valence-corrected chi connectivity index (χ1v) is 8.57. The van der Waals surface area contributed by atoms with Gasteiger partial charge in [-0.1, -0.05) is 23.7 Å². The summed E-state index contributed by atoms with van der Waals surface area (Å²) in [5.74, 6) is 0.340. The minimum absolute atomic E-state index is 0.208. The van der Waals surface area contributed by atoms with Gasteiger partial charge in [-0.05, 0) is 50.4 Å². The maximum Gasteiger partial charge on any atom is 0.258 e. The molecule has 22 heavy (non-hydrogen) atoms. The van der Waals surface area contributed by atoms with Crippen LogP contribution in [0.4, 0.5) is 5.13 Å². The zero-order chi connectivity index (χ0) is 15.5. The molecule has 0 saturated carbocycles. The van der Waals surface area contributed by atoms with Crippen LogP contribution in [0.5, 0.6) is 0 Å². The number of amides is 1. The van der Waals surface area contributed by atoms with Gasteiger partial charge in [0.1, 0.15) is 0 Å². The van der Waals surface area contributed by atoms with Gasteiger partial charge in [0, 0.05) is 11.1 Å². The largest absolute Gasteiger partial charge is 0.317 e. The van der Waals surface area contributed by atoms with Crippen molar-refractivity contribution in [3.63, 3.8) is 0 Å². The van der Waals surface area contributed by atoms with Crippen molar-refractivity contribution in [3.05, 3.63) is 45.4 Å². The number of carbonyl (C=O) groups excluding carboxylic acids is 1. The van der Waals surface area contributed by atoms with E-state index < -0.39 is 0 Å². The van der Waals surface area contributed by atoms with Gasteiger partial charge in [0.25, 0.3) is 5.91 Å². The Morgan fingerprint density at radius 3 is 2.95 bits per heavy atom. The standard InChI is InChI=1S/C16H18ClN3OS/c1-10-3-2-4-12(14(10)17)15(21)20-16-19-9-13(22-16)11-5-7-18-8-6-11/h2-4,9,11,18H,5-8H2,1H3,(H,19,20,21). The summed E-state index contributed by atoms with van der Waals surface area (Å²) in [7, 11) is 0. The fourth-order valence-corrected chi connectivity index (χ4v) is 3.82. The molecule has 4 nitrogen and oxygen atoms in total. The van der Waals surface area contributed by atoms with Crippen LogP contribution in [0.1, 0.15) is 39.6 Å². The van der Waals surface area contributed by atoms with Crippen LogP contribution in [0.2, 0.25) is 5.02 Å². The van der Waals surface area contributed by atoms with Crippen molar-refractivity contribution in [3.8, 4) is 0 Å². The lowest BCUT2D eigenvalue weighted by Gasteiger charge is -2.20. The predicted octanol–water partition coefficient (Wildman–Crippen LogP) is 3.82. The number of anilines is 1. The van der Waals surface area contributed by atoms with E-state index in [0.717, 1.165) is 31.5 Å². The number of benzene rings is 1. The highest BCUT2D eigenvalue weighted by Crippen LogP contribution is 2.32. The van der Waals surface area contributed by atoms with Crippen LogP contribution in [0.25, 0.3) is 0 Å². The molecule has 2 N–H and O–H groups in total. The fraction of sp³-hybridized carbons (Fsp3) is 0.375. The van der Waals surface area contributed by atoms with Crippen LogP contribution in [0, 0.1) is 6.92 Å². The van der Waals surface area contributed by atoms with Gasteiger partial charge in [-0.3, -0.25) is 10.1 Å². The molecule has 1 aromatic carbocycles. The Kier molecular flexibility index (Phi) is 4.76. The summed E-state index contributed by atoms with van der Waals surface area (Å²) in [4.78, 5) is 17.9. The maximum atomic E-state index is 12.3. The van der Waals surface area contributed by atoms with E-state index in [1.165, 1.54) is 4.88 Å². The second kappa shape index (κ2) is 6.77. The second-order valence-corrected chi connectivity index (χ2v) is 6.92. The van der Waals surface area contributed by atoms with Crippen LogP contribution in [0.3, 0.4) is 0 Å². The molecule has 6 heteroatoms. The van der Waals surface area contributed by atoms with Gasteiger partial charge in [0.2, 0.25) is 0 Å². The number of carbonyl (C=O) groups is 1. The SMILES string of the molecule is Cc1cccc(C(=O)Nc2ncc(C3CCNCC3)s2)c1Cl. The summed E-state index contributed by atoms with van der Waals surface area (Å²) >= 11 is 7.76. The van der Waals surface area contributed by atoms with E-state index >= 15 is 0 Å². The molecule has 0 unspecified atom stereocenters. The number of halogens is 1. The zero-order valence-corrected chi connectivity index (χ0v) is 13.9. The third-order valence-electron chi connectivity index (χ3n) is 3.92. The van der Waals surface area contributed by atoms with Crippen molar-refractivity contribution in [1.29, 1.82) is 0 Å². The molecule has 1 saturated heterocycles. The molecule has 0 radical (unpaired) electrons. The molecule has 1 aliphatic heterocycles. The number of hydrogen-bond acceptors (Lipinski definition) is 4. The Balaban J connectivity index is 1.72. The van der Waals surface area contributed by atoms with E-state index in [9.17, 15) is 4.79 Å². The van der Waals surface area contributed by atoms with Crippen LogP contribution < -0.4 is 10.6 Å². The fourth-order valence-electron chi connectivity index (χ4n) is 2.63. The van der Waals surface area contributed by atoms with Gasteiger partial charge in [-0.25, -0.2) is 4.98 Å². The van der Waals surface area contributed by atoms with Crippen molar-refractivity contribution >= 4 is 34.0 Å². The first-order chi connectivity index (χ1) is 10.6. The topological polar surface area (TPSA) is 54.0 Å². The molecular formula is C16H18ClN3OS. The van der Waals surface area contributed by atoms with Crippen molar-refractivity contribution in [2.24, 2.45) is 0 Å². The molecular weight excluding hydrogens is 318 g/mol. The van der Waals surface area contributed by atoms with E-state index in [0.29, 0.717) is 21.6 Å². The van der Waals surface area contributed by atoms with Gasteiger partial charge in [-0.2, -0.15) is 0 Å². The normalized spacial score (nSPS) is 15.7. The highest BCUT2D eigenvalue weighted by atomic mass is 35.5. The first-order valence-electron chi connectivity index (χ1n) is 7.38. The average Bonchev–Trinajstić information content (AvgIpc) is 2.99. The number of aromatic nitrogens is 1. The monoisotopic (exact) mass is 335 g/mol. The molecule has 1 amide bonds. The zero-order valence-electron chi connectivity index (χ0n) is 12.4. The summed E-state index contributed by atoms with van der Waals surface area (Å²) in [6.07, 6.45) is 4.13. The molecule has 1 fully saturated rings. The third kappa shape index (κ3) is 3.32. The average molecular weight is 336 g/mol. The van der Waals surface area contributed by atoms with Crippen LogP contribution in [-0.2, 0) is 0 Å². The van der Waals surface area contributed by atoms with E-state index in [1.807, 2.05) is 25.3 Å². The van der Waals surface area contributed by atoms with Crippen molar-refractivity contribution < 1.29 is 4.79 Å². The number of hydrogen-bond donors (Lipinski definition) is 2. The molecule has 116 valence electrons. The van der Waals surface area contributed by atoms with Crippen LogP contribution in [-0.4, -0.2) is 24.0 Å². The lowest BCUT2D eigenvalue weighted by Crippen LogP contribution is -2.26. The summed E-state index contributed by atoms with van der Waals surface area (Å²) in [5, 5.41) is 7.34. The van der Waals surface area contributed by atoms with Gasteiger partial charge in [-0.15, -0.1) is 11.3 Å². The summed E-state index contributed by atoms with van der Waals surface area (Å²) in [6.45, 7) is 3.98. The maximum absolute atomic E-state index is 12.3. The van der Waals surface area contributed by atoms with Gasteiger partial charge < -0.3 is 5.32 Å². The molecule has 2 aromatic rings. The Hall–Kier alpha value is -1.43. The quantitative estimate of drug-likeness (QED) is 0.896. The van der Waals surface area contributed by atoms with E-state index in [1.54, 1.807) is 17.4 Å². The minimum Gasteiger partial charge on any atom is -0.317 e. The summed E-state index contributed by atoms with van der Waals surface area (Å²) in [6, 6.07) is 5.45.